The molecule has 2 bridgehead atoms. The predicted molar refractivity (Wildman–Crippen MR) is 74.6 cm³/mol. The molecule has 1 heterocycles. The van der Waals surface area contributed by atoms with Gasteiger partial charge in [0.2, 0.25) is 5.91 Å². The van der Waals surface area contributed by atoms with Crippen LogP contribution in [0.5, 0.6) is 0 Å². The van der Waals surface area contributed by atoms with Crippen molar-refractivity contribution in [2.24, 2.45) is 17.6 Å². The molecule has 0 spiro atoms. The van der Waals surface area contributed by atoms with Crippen LogP contribution in [-0.2, 0) is 11.3 Å². The predicted octanol–water partition coefficient (Wildman–Crippen LogP) is 0.690. The summed E-state index contributed by atoms with van der Waals surface area (Å²) < 4.78 is 1.69. The molecule has 2 saturated carbocycles. The summed E-state index contributed by atoms with van der Waals surface area (Å²) >= 11 is 0. The van der Waals surface area contributed by atoms with Gasteiger partial charge in [-0.05, 0) is 37.5 Å². The van der Waals surface area contributed by atoms with E-state index in [0.717, 1.165) is 12.8 Å². The molecule has 0 saturated heterocycles. The van der Waals surface area contributed by atoms with Gasteiger partial charge in [-0.2, -0.15) is 0 Å². The van der Waals surface area contributed by atoms with Crippen LogP contribution in [0.25, 0.3) is 0 Å². The van der Waals surface area contributed by atoms with E-state index in [2.05, 4.69) is 15.6 Å². The lowest BCUT2D eigenvalue weighted by atomic mass is 9.67. The average molecular weight is 277 g/mol. The van der Waals surface area contributed by atoms with Gasteiger partial charge < -0.3 is 11.1 Å². The number of carbonyl (C=O) groups excluding carboxylic acids is 1. The van der Waals surface area contributed by atoms with Crippen molar-refractivity contribution in [3.63, 3.8) is 0 Å². The van der Waals surface area contributed by atoms with E-state index in [1.165, 1.54) is 19.3 Å². The van der Waals surface area contributed by atoms with Crippen LogP contribution in [-0.4, -0.2) is 33.0 Å². The molecule has 3 N–H and O–H groups in total. The van der Waals surface area contributed by atoms with Gasteiger partial charge in [0.15, 0.2) is 0 Å². The maximum Gasteiger partial charge on any atom is 0.222 e. The molecule has 110 valence electrons. The second kappa shape index (κ2) is 5.91. The molecule has 0 aromatic carbocycles. The fourth-order valence-electron chi connectivity index (χ4n) is 3.85. The van der Waals surface area contributed by atoms with Crippen LogP contribution in [0, 0.1) is 11.8 Å². The SMILES string of the molecule is NC1CC2CCCC(C1)C2NC(=O)CCn1ccnn1. The van der Waals surface area contributed by atoms with E-state index >= 15 is 0 Å². The van der Waals surface area contributed by atoms with Gasteiger partial charge in [0, 0.05) is 24.7 Å². The molecule has 1 amide bonds. The van der Waals surface area contributed by atoms with Crippen LogP contribution in [0.4, 0.5) is 0 Å². The molecular weight excluding hydrogens is 254 g/mol. The number of nitrogens with two attached hydrogens (primary N) is 1. The molecule has 3 rings (SSSR count). The lowest BCUT2D eigenvalue weighted by Gasteiger charge is -2.45. The number of nitrogens with zero attached hydrogens (tertiary/aromatic N) is 3. The fourth-order valence-corrected chi connectivity index (χ4v) is 3.85. The Labute approximate surface area is 119 Å². The second-order valence-electron chi connectivity index (χ2n) is 6.19. The smallest absolute Gasteiger partial charge is 0.222 e. The number of carbonyl (C=O) groups is 1. The first-order valence-electron chi connectivity index (χ1n) is 7.61. The maximum atomic E-state index is 12.1. The summed E-state index contributed by atoms with van der Waals surface area (Å²) in [5, 5.41) is 10.9. The van der Waals surface area contributed by atoms with Gasteiger partial charge >= 0.3 is 0 Å². The first-order valence-corrected chi connectivity index (χ1v) is 7.61. The van der Waals surface area contributed by atoms with Crippen LogP contribution >= 0.6 is 0 Å². The van der Waals surface area contributed by atoms with E-state index in [0.29, 0.717) is 36.9 Å². The topological polar surface area (TPSA) is 85.8 Å². The van der Waals surface area contributed by atoms with Crippen molar-refractivity contribution in [3.8, 4) is 0 Å². The van der Waals surface area contributed by atoms with Crippen LogP contribution in [0.3, 0.4) is 0 Å². The summed E-state index contributed by atoms with van der Waals surface area (Å²) in [7, 11) is 0. The second-order valence-corrected chi connectivity index (χ2v) is 6.19. The molecule has 6 nitrogen and oxygen atoms in total. The van der Waals surface area contributed by atoms with Gasteiger partial charge in [-0.3, -0.25) is 9.48 Å². The molecule has 2 fully saturated rings. The number of nitrogens with one attached hydrogen (secondary N) is 1. The molecule has 2 aliphatic carbocycles. The van der Waals surface area contributed by atoms with E-state index in [9.17, 15) is 4.79 Å². The molecule has 20 heavy (non-hydrogen) atoms. The molecule has 0 radical (unpaired) electrons. The Hall–Kier alpha value is -1.43. The molecule has 6 heteroatoms. The van der Waals surface area contributed by atoms with Crippen LogP contribution < -0.4 is 11.1 Å². The summed E-state index contributed by atoms with van der Waals surface area (Å²) in [6.07, 6.45) is 9.69. The molecule has 2 aliphatic rings. The number of amides is 1. The first-order chi connectivity index (χ1) is 9.72. The van der Waals surface area contributed by atoms with Crippen molar-refractivity contribution in [2.45, 2.75) is 57.2 Å². The van der Waals surface area contributed by atoms with E-state index in [1.54, 1.807) is 17.1 Å². The van der Waals surface area contributed by atoms with Crippen molar-refractivity contribution >= 4 is 5.91 Å². The van der Waals surface area contributed by atoms with Gasteiger partial charge in [-0.25, -0.2) is 0 Å². The minimum Gasteiger partial charge on any atom is -0.353 e. The van der Waals surface area contributed by atoms with Gasteiger partial charge in [-0.15, -0.1) is 5.10 Å². The molecule has 2 atom stereocenters. The number of aromatic nitrogens is 3. The van der Waals surface area contributed by atoms with E-state index in [1.807, 2.05) is 0 Å². The zero-order valence-electron chi connectivity index (χ0n) is 11.7. The van der Waals surface area contributed by atoms with Gasteiger partial charge in [0.25, 0.3) is 0 Å². The summed E-state index contributed by atoms with van der Waals surface area (Å²) in [4.78, 5) is 12.1. The van der Waals surface area contributed by atoms with Crippen LogP contribution in [0.2, 0.25) is 0 Å². The van der Waals surface area contributed by atoms with Crippen molar-refractivity contribution in [2.75, 3.05) is 0 Å². The zero-order valence-corrected chi connectivity index (χ0v) is 11.7. The molecule has 2 unspecified atom stereocenters. The Morgan fingerprint density at radius 1 is 1.35 bits per heavy atom. The quantitative estimate of drug-likeness (QED) is 0.848. The Morgan fingerprint density at radius 3 is 2.75 bits per heavy atom. The summed E-state index contributed by atoms with van der Waals surface area (Å²) in [5.41, 5.74) is 6.11. The standard InChI is InChI=1S/C14H23N5O/c15-12-8-10-2-1-3-11(9-12)14(10)17-13(20)4-6-19-7-5-16-18-19/h5,7,10-12,14H,1-4,6,8-9,15H2,(H,17,20). The highest BCUT2D eigenvalue weighted by atomic mass is 16.1. The van der Waals surface area contributed by atoms with Crippen molar-refractivity contribution in [1.29, 1.82) is 0 Å². The van der Waals surface area contributed by atoms with Crippen LogP contribution in [0.15, 0.2) is 12.4 Å². The molecule has 1 aromatic heterocycles. The Balaban J connectivity index is 1.53. The lowest BCUT2D eigenvalue weighted by molar-refractivity contribution is -0.123. The fraction of sp³-hybridized carbons (Fsp3) is 0.786. The van der Waals surface area contributed by atoms with E-state index in [-0.39, 0.29) is 5.91 Å². The zero-order chi connectivity index (χ0) is 13.9. The number of hydrogen-bond donors (Lipinski definition) is 2. The summed E-state index contributed by atoms with van der Waals surface area (Å²) in [6.45, 7) is 0.591. The van der Waals surface area contributed by atoms with Crippen molar-refractivity contribution in [3.05, 3.63) is 12.4 Å². The minimum absolute atomic E-state index is 0.123. The average Bonchev–Trinajstić information content (AvgIpc) is 2.91. The maximum absolute atomic E-state index is 12.1. The Kier molecular flexibility index (Phi) is 4.00. The Morgan fingerprint density at radius 2 is 2.10 bits per heavy atom. The third-order valence-corrected chi connectivity index (χ3v) is 4.74. The lowest BCUT2D eigenvalue weighted by Crippen LogP contribution is -2.53. The molecule has 1 aromatic rings. The summed E-state index contributed by atoms with van der Waals surface area (Å²) in [5.74, 6) is 1.28. The third-order valence-electron chi connectivity index (χ3n) is 4.74. The highest BCUT2D eigenvalue weighted by molar-refractivity contribution is 5.76. The number of aryl methyl sites for hydroxylation is 1. The molecular formula is C14H23N5O. The van der Waals surface area contributed by atoms with E-state index < -0.39 is 0 Å². The van der Waals surface area contributed by atoms with Crippen LogP contribution in [0.1, 0.15) is 38.5 Å². The highest BCUT2D eigenvalue weighted by Gasteiger charge is 2.39. The monoisotopic (exact) mass is 277 g/mol. The minimum atomic E-state index is 0.123. The molecule has 0 aliphatic heterocycles. The third kappa shape index (κ3) is 3.00. The highest BCUT2D eigenvalue weighted by Crippen LogP contribution is 2.39. The number of hydrogen-bond acceptors (Lipinski definition) is 4. The van der Waals surface area contributed by atoms with Gasteiger partial charge in [0.05, 0.1) is 12.7 Å². The number of rotatable bonds is 4. The largest absolute Gasteiger partial charge is 0.353 e. The van der Waals surface area contributed by atoms with Crippen molar-refractivity contribution < 1.29 is 4.79 Å². The Bertz CT molecular complexity index is 432. The van der Waals surface area contributed by atoms with E-state index in [4.69, 9.17) is 5.73 Å². The first kappa shape index (κ1) is 13.5. The van der Waals surface area contributed by atoms with Gasteiger partial charge in [0.1, 0.15) is 0 Å². The van der Waals surface area contributed by atoms with Gasteiger partial charge in [-0.1, -0.05) is 11.6 Å². The normalized spacial score (nSPS) is 32.9. The van der Waals surface area contributed by atoms with Crippen molar-refractivity contribution in [1.82, 2.24) is 20.3 Å². The number of fused-ring (bicyclic) bond motifs is 2. The summed E-state index contributed by atoms with van der Waals surface area (Å²) in [6, 6.07) is 0.667.